The summed E-state index contributed by atoms with van der Waals surface area (Å²) in [6.07, 6.45) is 0. The van der Waals surface area contributed by atoms with Gasteiger partial charge in [-0.3, -0.25) is 0 Å². The van der Waals surface area contributed by atoms with Gasteiger partial charge in [0.25, 0.3) is 0 Å². The highest BCUT2D eigenvalue weighted by molar-refractivity contribution is 5.34. The maximum atomic E-state index is 13.1. The van der Waals surface area contributed by atoms with Gasteiger partial charge in [-0.05, 0) is 54.8 Å². The lowest BCUT2D eigenvalue weighted by Gasteiger charge is -2.14. The molecule has 2 aromatic rings. The molecular weight excluding hydrogens is 260 g/mol. The van der Waals surface area contributed by atoms with E-state index in [1.54, 1.807) is 0 Å². The molecule has 2 nitrogen and oxygen atoms in total. The Balaban J connectivity index is 2.02. The molecule has 20 heavy (non-hydrogen) atoms. The summed E-state index contributed by atoms with van der Waals surface area (Å²) in [4.78, 5) is 0. The lowest BCUT2D eigenvalue weighted by atomic mass is 10.1. The summed E-state index contributed by atoms with van der Waals surface area (Å²) in [5.74, 6) is -1.06. The minimum atomic E-state index is -0.899. The van der Waals surface area contributed by atoms with E-state index in [-0.39, 0.29) is 6.61 Å². The lowest BCUT2D eigenvalue weighted by molar-refractivity contribution is 0.290. The van der Waals surface area contributed by atoms with Crippen LogP contribution in [0.15, 0.2) is 36.4 Å². The van der Waals surface area contributed by atoms with Crippen molar-refractivity contribution in [3.63, 3.8) is 0 Å². The van der Waals surface area contributed by atoms with Crippen LogP contribution in [0.4, 0.5) is 8.78 Å². The first-order valence-electron chi connectivity index (χ1n) is 6.38. The molecule has 0 heterocycles. The van der Waals surface area contributed by atoms with Gasteiger partial charge in [-0.1, -0.05) is 12.1 Å². The van der Waals surface area contributed by atoms with E-state index >= 15 is 0 Å². The topological polar surface area (TPSA) is 35.2 Å². The van der Waals surface area contributed by atoms with Crippen LogP contribution < -0.4 is 10.5 Å². The molecule has 4 heteroatoms. The molecule has 0 spiro atoms. The molecule has 0 aliphatic heterocycles. The van der Waals surface area contributed by atoms with E-state index in [0.717, 1.165) is 17.7 Å². The van der Waals surface area contributed by atoms with E-state index in [1.165, 1.54) is 11.6 Å². The first-order valence-corrected chi connectivity index (χ1v) is 6.38. The second-order valence-electron chi connectivity index (χ2n) is 4.84. The number of hydrogen-bond donors (Lipinski definition) is 1. The summed E-state index contributed by atoms with van der Waals surface area (Å²) in [5, 5.41) is 0. The predicted octanol–water partition coefficient (Wildman–Crippen LogP) is 3.66. The van der Waals surface area contributed by atoms with Crippen molar-refractivity contribution in [3.05, 3.63) is 64.7 Å². The van der Waals surface area contributed by atoms with Crippen LogP contribution in [0.1, 0.15) is 22.7 Å². The number of ether oxygens (including phenoxy) is 1. The van der Waals surface area contributed by atoms with Crippen LogP contribution >= 0.6 is 0 Å². The summed E-state index contributed by atoms with van der Waals surface area (Å²) in [7, 11) is 0. The molecule has 106 valence electrons. The van der Waals surface area contributed by atoms with Gasteiger partial charge in [-0.2, -0.15) is 0 Å². The van der Waals surface area contributed by atoms with Gasteiger partial charge in [-0.25, -0.2) is 8.78 Å². The molecule has 0 bridgehead atoms. The van der Waals surface area contributed by atoms with Crippen LogP contribution in [0.5, 0.6) is 5.75 Å². The summed E-state index contributed by atoms with van der Waals surface area (Å²) in [5.41, 5.74) is 8.73. The molecule has 0 aliphatic rings. The normalized spacial score (nSPS) is 12.2. The molecule has 1 unspecified atom stereocenters. The van der Waals surface area contributed by atoms with Crippen LogP contribution in [0, 0.1) is 25.5 Å². The number of nitrogens with two attached hydrogens (primary N) is 1. The molecule has 2 N–H and O–H groups in total. The maximum absolute atomic E-state index is 13.1. The Kier molecular flexibility index (Phi) is 4.35. The molecule has 1 atom stereocenters. The van der Waals surface area contributed by atoms with E-state index < -0.39 is 17.7 Å². The number of hydrogen-bond acceptors (Lipinski definition) is 2. The molecule has 0 saturated carbocycles. The fourth-order valence-electron chi connectivity index (χ4n) is 1.83. The van der Waals surface area contributed by atoms with Gasteiger partial charge < -0.3 is 10.5 Å². The highest BCUT2D eigenvalue weighted by atomic mass is 19.2. The molecule has 0 radical (unpaired) electrons. The van der Waals surface area contributed by atoms with Crippen molar-refractivity contribution in [2.24, 2.45) is 5.73 Å². The van der Waals surface area contributed by atoms with E-state index in [2.05, 4.69) is 0 Å². The Hall–Kier alpha value is -1.94. The number of benzene rings is 2. The minimum Gasteiger partial charge on any atom is -0.492 e. The number of aryl methyl sites for hydroxylation is 2. The molecule has 0 saturated heterocycles. The van der Waals surface area contributed by atoms with E-state index in [9.17, 15) is 8.78 Å². The summed E-state index contributed by atoms with van der Waals surface area (Å²) in [6.45, 7) is 4.22. The highest BCUT2D eigenvalue weighted by Gasteiger charge is 2.10. The Labute approximate surface area is 117 Å². The SMILES string of the molecule is Cc1ccc(OCC(N)c2ccc(F)c(F)c2)cc1C. The van der Waals surface area contributed by atoms with Gasteiger partial charge in [0, 0.05) is 0 Å². The summed E-state index contributed by atoms with van der Waals surface area (Å²) in [6, 6.07) is 8.88. The van der Waals surface area contributed by atoms with Gasteiger partial charge >= 0.3 is 0 Å². The zero-order valence-electron chi connectivity index (χ0n) is 11.5. The first-order chi connectivity index (χ1) is 9.47. The molecule has 2 rings (SSSR count). The Morgan fingerprint density at radius 1 is 1.00 bits per heavy atom. The quantitative estimate of drug-likeness (QED) is 0.925. The Morgan fingerprint density at radius 3 is 2.40 bits per heavy atom. The third-order valence-corrected chi connectivity index (χ3v) is 3.28. The van der Waals surface area contributed by atoms with Crippen LogP contribution in [-0.2, 0) is 0 Å². The van der Waals surface area contributed by atoms with Crippen molar-refractivity contribution in [1.29, 1.82) is 0 Å². The van der Waals surface area contributed by atoms with E-state index in [4.69, 9.17) is 10.5 Å². The zero-order chi connectivity index (χ0) is 14.7. The average molecular weight is 277 g/mol. The average Bonchev–Trinajstić information content (AvgIpc) is 2.43. The highest BCUT2D eigenvalue weighted by Crippen LogP contribution is 2.19. The van der Waals surface area contributed by atoms with Crippen LogP contribution in [0.2, 0.25) is 0 Å². The molecular formula is C16H17F2NO. The van der Waals surface area contributed by atoms with Gasteiger partial charge in [-0.15, -0.1) is 0 Å². The fourth-order valence-corrected chi connectivity index (χ4v) is 1.83. The van der Waals surface area contributed by atoms with Crippen molar-refractivity contribution in [1.82, 2.24) is 0 Å². The van der Waals surface area contributed by atoms with Gasteiger partial charge in [0.15, 0.2) is 11.6 Å². The first kappa shape index (κ1) is 14.5. The fraction of sp³-hybridized carbons (Fsp3) is 0.250. The number of rotatable bonds is 4. The molecule has 2 aromatic carbocycles. The molecule has 0 aromatic heterocycles. The maximum Gasteiger partial charge on any atom is 0.159 e. The predicted molar refractivity (Wildman–Crippen MR) is 74.7 cm³/mol. The van der Waals surface area contributed by atoms with Crippen molar-refractivity contribution in [2.45, 2.75) is 19.9 Å². The monoisotopic (exact) mass is 277 g/mol. The second kappa shape index (κ2) is 6.01. The van der Waals surface area contributed by atoms with Crippen molar-refractivity contribution in [3.8, 4) is 5.75 Å². The summed E-state index contributed by atoms with van der Waals surface area (Å²) >= 11 is 0. The molecule has 0 fully saturated rings. The van der Waals surface area contributed by atoms with Crippen LogP contribution in [-0.4, -0.2) is 6.61 Å². The van der Waals surface area contributed by atoms with Gasteiger partial charge in [0.05, 0.1) is 6.04 Å². The standard InChI is InChI=1S/C16H17F2NO/c1-10-3-5-13(7-11(10)2)20-9-16(19)12-4-6-14(17)15(18)8-12/h3-8,16H,9,19H2,1-2H3. The summed E-state index contributed by atoms with van der Waals surface area (Å²) < 4.78 is 31.6. The van der Waals surface area contributed by atoms with E-state index in [1.807, 2.05) is 32.0 Å². The van der Waals surface area contributed by atoms with E-state index in [0.29, 0.717) is 11.3 Å². The molecule has 0 aliphatic carbocycles. The van der Waals surface area contributed by atoms with Crippen molar-refractivity contribution >= 4 is 0 Å². The van der Waals surface area contributed by atoms with Crippen molar-refractivity contribution in [2.75, 3.05) is 6.61 Å². The van der Waals surface area contributed by atoms with Gasteiger partial charge in [0.1, 0.15) is 12.4 Å². The zero-order valence-corrected chi connectivity index (χ0v) is 11.5. The Morgan fingerprint density at radius 2 is 1.75 bits per heavy atom. The van der Waals surface area contributed by atoms with Gasteiger partial charge in [0.2, 0.25) is 0 Å². The number of halogens is 2. The Bertz CT molecular complexity index is 613. The third-order valence-electron chi connectivity index (χ3n) is 3.28. The smallest absolute Gasteiger partial charge is 0.159 e. The minimum absolute atomic E-state index is 0.202. The second-order valence-corrected chi connectivity index (χ2v) is 4.84. The third kappa shape index (κ3) is 3.33. The lowest BCUT2D eigenvalue weighted by Crippen LogP contribution is -2.19. The van der Waals surface area contributed by atoms with Crippen LogP contribution in [0.3, 0.4) is 0 Å². The molecule has 0 amide bonds. The largest absolute Gasteiger partial charge is 0.492 e. The van der Waals surface area contributed by atoms with Crippen molar-refractivity contribution < 1.29 is 13.5 Å². The van der Waals surface area contributed by atoms with Crippen LogP contribution in [0.25, 0.3) is 0 Å².